The van der Waals surface area contributed by atoms with Crippen molar-refractivity contribution in [1.82, 2.24) is 10.1 Å². The molecular weight excluding hydrogens is 260 g/mol. The fourth-order valence-corrected chi connectivity index (χ4v) is 1.77. The van der Waals surface area contributed by atoms with Crippen LogP contribution in [0.1, 0.15) is 27.6 Å². The number of carbonyl (C=O) groups excluding carboxylic acids is 1. The van der Waals surface area contributed by atoms with E-state index < -0.39 is 5.97 Å². The highest BCUT2D eigenvalue weighted by Gasteiger charge is 2.13. The second-order valence-electron chi connectivity index (χ2n) is 4.33. The minimum absolute atomic E-state index is 0.333. The average molecular weight is 276 g/mol. The van der Waals surface area contributed by atoms with Crippen LogP contribution in [0.3, 0.4) is 0 Å². The Morgan fingerprint density at radius 1 is 1.45 bits per heavy atom. The number of rotatable bonds is 4. The Labute approximate surface area is 116 Å². The fourth-order valence-electron chi connectivity index (χ4n) is 1.77. The Hall–Kier alpha value is -2.57. The lowest BCUT2D eigenvalue weighted by atomic mass is 10.1. The molecule has 1 aromatic heterocycles. The summed E-state index contributed by atoms with van der Waals surface area (Å²) < 4.78 is 9.59. The zero-order valence-electron chi connectivity index (χ0n) is 11.6. The molecule has 0 aliphatic heterocycles. The monoisotopic (exact) mass is 276 g/mol. The molecule has 0 unspecified atom stereocenters. The zero-order chi connectivity index (χ0) is 14.7. The molecule has 3 N–H and O–H groups in total. The largest absolute Gasteiger partial charge is 0.465 e. The number of carbonyl (C=O) groups is 1. The van der Waals surface area contributed by atoms with Crippen LogP contribution in [0.5, 0.6) is 0 Å². The van der Waals surface area contributed by atoms with Gasteiger partial charge in [-0.3, -0.25) is 0 Å². The molecule has 1 aromatic carbocycles. The summed E-state index contributed by atoms with van der Waals surface area (Å²) in [6, 6.07) is 3.48. The second-order valence-corrected chi connectivity index (χ2v) is 4.33. The molecule has 2 aromatic rings. The zero-order valence-corrected chi connectivity index (χ0v) is 11.6. The predicted octanol–water partition coefficient (Wildman–Crippen LogP) is 1.67. The van der Waals surface area contributed by atoms with Crippen molar-refractivity contribution < 1.29 is 14.1 Å². The second kappa shape index (κ2) is 5.60. The van der Waals surface area contributed by atoms with Crippen molar-refractivity contribution in [2.24, 2.45) is 0 Å². The first-order valence-corrected chi connectivity index (χ1v) is 6.02. The van der Waals surface area contributed by atoms with Crippen LogP contribution in [0.15, 0.2) is 16.7 Å². The molecule has 7 heteroatoms. The number of aryl methyl sites for hydroxylation is 2. The van der Waals surface area contributed by atoms with E-state index in [1.54, 1.807) is 13.0 Å². The lowest BCUT2D eigenvalue weighted by Gasteiger charge is -2.11. The highest BCUT2D eigenvalue weighted by atomic mass is 16.5. The first kappa shape index (κ1) is 13.9. The van der Waals surface area contributed by atoms with Gasteiger partial charge >= 0.3 is 5.97 Å². The van der Waals surface area contributed by atoms with Gasteiger partial charge in [0.15, 0.2) is 5.82 Å². The summed E-state index contributed by atoms with van der Waals surface area (Å²) >= 11 is 0. The third-order valence-electron chi connectivity index (χ3n) is 2.81. The van der Waals surface area contributed by atoms with Crippen LogP contribution in [0.2, 0.25) is 0 Å². The molecule has 0 saturated heterocycles. The summed E-state index contributed by atoms with van der Waals surface area (Å²) in [5.74, 6) is 0.576. The van der Waals surface area contributed by atoms with Crippen molar-refractivity contribution >= 4 is 17.3 Å². The molecular formula is C13H16N4O3. The molecule has 2 rings (SSSR count). The first-order chi connectivity index (χ1) is 9.51. The summed E-state index contributed by atoms with van der Waals surface area (Å²) in [5, 5.41) is 6.89. The third kappa shape index (κ3) is 2.87. The average Bonchev–Trinajstić information content (AvgIpc) is 2.85. The number of nitrogens with one attached hydrogen (secondary N) is 1. The molecule has 0 bridgehead atoms. The molecule has 0 atom stereocenters. The maximum Gasteiger partial charge on any atom is 0.340 e. The quantitative estimate of drug-likeness (QED) is 0.646. The van der Waals surface area contributed by atoms with Crippen LogP contribution < -0.4 is 11.1 Å². The lowest BCUT2D eigenvalue weighted by molar-refractivity contribution is 0.0602. The number of methoxy groups -OCH3 is 1. The number of aromatic nitrogens is 2. The van der Waals surface area contributed by atoms with Gasteiger partial charge in [-0.25, -0.2) is 4.79 Å². The van der Waals surface area contributed by atoms with Crippen molar-refractivity contribution in [3.8, 4) is 0 Å². The molecule has 0 amide bonds. The molecule has 0 aliphatic carbocycles. The van der Waals surface area contributed by atoms with E-state index in [4.69, 9.17) is 15.0 Å². The number of esters is 1. The van der Waals surface area contributed by atoms with Crippen LogP contribution >= 0.6 is 0 Å². The van der Waals surface area contributed by atoms with E-state index >= 15 is 0 Å². The molecule has 0 aliphatic rings. The summed E-state index contributed by atoms with van der Waals surface area (Å²) in [7, 11) is 1.32. The molecule has 0 spiro atoms. The van der Waals surface area contributed by atoms with Gasteiger partial charge < -0.3 is 20.3 Å². The van der Waals surface area contributed by atoms with Crippen LogP contribution in [-0.2, 0) is 11.3 Å². The van der Waals surface area contributed by atoms with Crippen molar-refractivity contribution in [2.45, 2.75) is 20.4 Å². The molecule has 106 valence electrons. The first-order valence-electron chi connectivity index (χ1n) is 6.02. The molecule has 7 nitrogen and oxygen atoms in total. The summed E-state index contributed by atoms with van der Waals surface area (Å²) in [4.78, 5) is 15.7. The Bertz CT molecular complexity index is 637. The number of nitrogens with two attached hydrogens (primary N) is 1. The normalized spacial score (nSPS) is 10.3. The molecule has 0 fully saturated rings. The van der Waals surface area contributed by atoms with Crippen LogP contribution in [-0.4, -0.2) is 23.2 Å². The maximum absolute atomic E-state index is 11.6. The smallest absolute Gasteiger partial charge is 0.340 e. The van der Waals surface area contributed by atoms with Gasteiger partial charge in [0, 0.05) is 18.3 Å². The number of benzene rings is 1. The van der Waals surface area contributed by atoms with Crippen molar-refractivity contribution in [1.29, 1.82) is 0 Å². The predicted molar refractivity (Wildman–Crippen MR) is 73.3 cm³/mol. The number of anilines is 2. The van der Waals surface area contributed by atoms with Crippen LogP contribution in [0.4, 0.5) is 11.4 Å². The lowest BCUT2D eigenvalue weighted by Crippen LogP contribution is -2.09. The summed E-state index contributed by atoms with van der Waals surface area (Å²) in [6.07, 6.45) is 0. The minimum Gasteiger partial charge on any atom is -0.465 e. The SMILES string of the molecule is COC(=O)c1cc(NCc2noc(C)n2)cc(C)c1N. The van der Waals surface area contributed by atoms with E-state index in [0.717, 1.165) is 11.3 Å². The molecule has 0 saturated carbocycles. The summed E-state index contributed by atoms with van der Waals surface area (Å²) in [6.45, 7) is 3.94. The molecule has 20 heavy (non-hydrogen) atoms. The van der Waals surface area contributed by atoms with E-state index in [-0.39, 0.29) is 0 Å². The van der Waals surface area contributed by atoms with Gasteiger partial charge in [0.2, 0.25) is 5.89 Å². The topological polar surface area (TPSA) is 103 Å². The number of nitrogens with zero attached hydrogens (tertiary/aromatic N) is 2. The van der Waals surface area contributed by atoms with Gasteiger partial charge in [0.1, 0.15) is 0 Å². The number of hydrogen-bond acceptors (Lipinski definition) is 7. The highest BCUT2D eigenvalue weighted by Crippen LogP contribution is 2.23. The van der Waals surface area contributed by atoms with Gasteiger partial charge in [0.05, 0.1) is 19.2 Å². The van der Waals surface area contributed by atoms with Gasteiger partial charge in [0.25, 0.3) is 0 Å². The van der Waals surface area contributed by atoms with E-state index in [0.29, 0.717) is 29.5 Å². The van der Waals surface area contributed by atoms with Gasteiger partial charge in [-0.1, -0.05) is 5.16 Å². The Kier molecular flexibility index (Phi) is 3.88. The summed E-state index contributed by atoms with van der Waals surface area (Å²) in [5.41, 5.74) is 8.14. The van der Waals surface area contributed by atoms with Crippen LogP contribution in [0.25, 0.3) is 0 Å². The number of hydrogen-bond donors (Lipinski definition) is 2. The third-order valence-corrected chi connectivity index (χ3v) is 2.81. The van der Waals surface area contributed by atoms with Gasteiger partial charge in [-0.2, -0.15) is 4.98 Å². The molecule has 0 radical (unpaired) electrons. The highest BCUT2D eigenvalue weighted by molar-refractivity contribution is 5.97. The Morgan fingerprint density at radius 3 is 2.80 bits per heavy atom. The number of ether oxygens (including phenoxy) is 1. The van der Waals surface area contributed by atoms with Crippen molar-refractivity contribution in [3.63, 3.8) is 0 Å². The van der Waals surface area contributed by atoms with Gasteiger partial charge in [-0.05, 0) is 24.6 Å². The van der Waals surface area contributed by atoms with Gasteiger partial charge in [-0.15, -0.1) is 0 Å². The maximum atomic E-state index is 11.6. The van der Waals surface area contributed by atoms with E-state index in [9.17, 15) is 4.79 Å². The van der Waals surface area contributed by atoms with Crippen molar-refractivity contribution in [2.75, 3.05) is 18.2 Å². The van der Waals surface area contributed by atoms with E-state index in [2.05, 4.69) is 15.5 Å². The van der Waals surface area contributed by atoms with E-state index in [1.807, 2.05) is 13.0 Å². The van der Waals surface area contributed by atoms with Crippen LogP contribution in [0, 0.1) is 13.8 Å². The minimum atomic E-state index is -0.468. The fraction of sp³-hybridized carbons (Fsp3) is 0.308. The molecule has 1 heterocycles. The number of nitrogen functional groups attached to an aromatic ring is 1. The Morgan fingerprint density at radius 2 is 2.20 bits per heavy atom. The Balaban J connectivity index is 2.19. The van der Waals surface area contributed by atoms with Crippen molar-refractivity contribution in [3.05, 3.63) is 35.0 Å². The van der Waals surface area contributed by atoms with E-state index in [1.165, 1.54) is 7.11 Å². The standard InChI is InChI=1S/C13H16N4O3/c1-7-4-9(5-10(12(7)14)13(18)19-3)15-6-11-16-8(2)20-17-11/h4-5,15H,6,14H2,1-3H3.